The van der Waals surface area contributed by atoms with E-state index in [0.29, 0.717) is 11.7 Å². The van der Waals surface area contributed by atoms with Crippen molar-refractivity contribution in [2.24, 2.45) is 0 Å². The molecule has 5 nitrogen and oxygen atoms in total. The van der Waals surface area contributed by atoms with Crippen LogP contribution in [0.25, 0.3) is 0 Å². The van der Waals surface area contributed by atoms with Crippen molar-refractivity contribution in [2.45, 2.75) is 6.92 Å². The minimum absolute atomic E-state index is 0.0536. The Hall–Kier alpha value is -0.180. The first-order chi connectivity index (χ1) is 7.03. The van der Waals surface area contributed by atoms with Gasteiger partial charge in [-0.2, -0.15) is 0 Å². The topological polar surface area (TPSA) is 71.1 Å². The van der Waals surface area contributed by atoms with Crippen molar-refractivity contribution in [1.29, 1.82) is 0 Å². The number of nitrogens with one attached hydrogen (secondary N) is 2. The summed E-state index contributed by atoms with van der Waals surface area (Å²) in [5.74, 6) is 0.0536. The molecular formula is C7H12BrN3O2S2. The minimum Gasteiger partial charge on any atom is -0.316 e. The number of rotatable bonds is 6. The molecule has 1 rings (SSSR count). The molecule has 1 aromatic heterocycles. The smallest absolute Gasteiger partial charge is 0.235 e. The van der Waals surface area contributed by atoms with Crippen LogP contribution in [0.15, 0.2) is 9.98 Å². The minimum atomic E-state index is -3.28. The van der Waals surface area contributed by atoms with E-state index in [1.807, 2.05) is 6.92 Å². The third kappa shape index (κ3) is 4.92. The zero-order valence-electron chi connectivity index (χ0n) is 8.16. The number of nitrogens with zero attached hydrogens (tertiary/aromatic N) is 1. The van der Waals surface area contributed by atoms with E-state index >= 15 is 0 Å². The van der Waals surface area contributed by atoms with Crippen molar-refractivity contribution in [3.63, 3.8) is 0 Å². The van der Waals surface area contributed by atoms with Gasteiger partial charge in [-0.15, -0.1) is 0 Å². The molecule has 0 saturated carbocycles. The van der Waals surface area contributed by atoms with Crippen molar-refractivity contribution >= 4 is 42.4 Å². The summed E-state index contributed by atoms with van der Waals surface area (Å²) < 4.78 is 26.2. The van der Waals surface area contributed by atoms with E-state index in [0.717, 1.165) is 10.3 Å². The van der Waals surface area contributed by atoms with Gasteiger partial charge in [-0.25, -0.2) is 13.4 Å². The molecule has 0 aliphatic rings. The predicted octanol–water partition coefficient (Wildman–Crippen LogP) is 1.26. The normalized spacial score (nSPS) is 11.6. The van der Waals surface area contributed by atoms with Gasteiger partial charge in [0, 0.05) is 6.54 Å². The van der Waals surface area contributed by atoms with Gasteiger partial charge in [0.2, 0.25) is 10.0 Å². The van der Waals surface area contributed by atoms with Gasteiger partial charge in [-0.3, -0.25) is 4.72 Å². The summed E-state index contributed by atoms with van der Waals surface area (Å²) >= 11 is 4.46. The molecule has 86 valence electrons. The van der Waals surface area contributed by atoms with Crippen LogP contribution < -0.4 is 10.0 Å². The summed E-state index contributed by atoms with van der Waals surface area (Å²) in [6.45, 7) is 3.13. The lowest BCUT2D eigenvalue weighted by Crippen LogP contribution is -2.26. The molecule has 2 N–H and O–H groups in total. The van der Waals surface area contributed by atoms with Crippen LogP contribution >= 0.6 is 27.3 Å². The largest absolute Gasteiger partial charge is 0.316 e. The van der Waals surface area contributed by atoms with Gasteiger partial charge in [0.25, 0.3) is 0 Å². The summed E-state index contributed by atoms with van der Waals surface area (Å²) in [5.41, 5.74) is 0. The van der Waals surface area contributed by atoms with Crippen LogP contribution in [0.5, 0.6) is 0 Å². The summed E-state index contributed by atoms with van der Waals surface area (Å²) in [6, 6.07) is 0. The Morgan fingerprint density at radius 3 is 2.87 bits per heavy atom. The van der Waals surface area contributed by atoms with Gasteiger partial charge >= 0.3 is 0 Å². The lowest BCUT2D eigenvalue weighted by molar-refractivity contribution is 0.597. The van der Waals surface area contributed by atoms with E-state index in [1.54, 1.807) is 6.20 Å². The monoisotopic (exact) mass is 313 g/mol. The molecule has 0 unspecified atom stereocenters. The van der Waals surface area contributed by atoms with Crippen molar-refractivity contribution < 1.29 is 8.42 Å². The average Bonchev–Trinajstić information content (AvgIpc) is 2.50. The Morgan fingerprint density at radius 1 is 1.60 bits per heavy atom. The number of aromatic nitrogens is 1. The highest BCUT2D eigenvalue weighted by atomic mass is 79.9. The van der Waals surface area contributed by atoms with Crippen LogP contribution in [-0.2, 0) is 10.0 Å². The Kier molecular flexibility index (Phi) is 4.97. The van der Waals surface area contributed by atoms with Crippen LogP contribution in [0.1, 0.15) is 6.92 Å². The van der Waals surface area contributed by atoms with Gasteiger partial charge in [-0.05, 0) is 22.5 Å². The number of hydrogen-bond acceptors (Lipinski definition) is 5. The molecular weight excluding hydrogens is 302 g/mol. The second-order valence-electron chi connectivity index (χ2n) is 2.74. The molecule has 1 aromatic rings. The van der Waals surface area contributed by atoms with Crippen molar-refractivity contribution in [3.05, 3.63) is 9.98 Å². The number of halogens is 1. The van der Waals surface area contributed by atoms with E-state index in [-0.39, 0.29) is 5.75 Å². The Balaban J connectivity index is 2.49. The van der Waals surface area contributed by atoms with Gasteiger partial charge in [0.05, 0.1) is 15.7 Å². The zero-order chi connectivity index (χ0) is 11.3. The molecule has 0 aromatic carbocycles. The first-order valence-electron chi connectivity index (χ1n) is 4.36. The predicted molar refractivity (Wildman–Crippen MR) is 65.8 cm³/mol. The van der Waals surface area contributed by atoms with Gasteiger partial charge in [0.15, 0.2) is 5.13 Å². The van der Waals surface area contributed by atoms with Crippen LogP contribution in [0.4, 0.5) is 5.13 Å². The maximum Gasteiger partial charge on any atom is 0.235 e. The molecule has 0 aliphatic heterocycles. The Labute approximate surface area is 101 Å². The molecule has 0 radical (unpaired) electrons. The maximum absolute atomic E-state index is 11.5. The highest BCUT2D eigenvalue weighted by molar-refractivity contribution is 9.11. The highest BCUT2D eigenvalue weighted by Crippen LogP contribution is 2.23. The van der Waals surface area contributed by atoms with Crippen LogP contribution in [0.3, 0.4) is 0 Å². The van der Waals surface area contributed by atoms with E-state index in [2.05, 4.69) is 31.0 Å². The fourth-order valence-electron chi connectivity index (χ4n) is 0.869. The number of anilines is 1. The summed E-state index contributed by atoms with van der Waals surface area (Å²) in [4.78, 5) is 3.89. The van der Waals surface area contributed by atoms with Crippen molar-refractivity contribution in [3.8, 4) is 0 Å². The molecule has 0 bridgehead atoms. The van der Waals surface area contributed by atoms with E-state index in [9.17, 15) is 8.42 Å². The fraction of sp³-hybridized carbons (Fsp3) is 0.571. The van der Waals surface area contributed by atoms with E-state index < -0.39 is 10.0 Å². The molecule has 8 heteroatoms. The summed E-state index contributed by atoms with van der Waals surface area (Å²) in [7, 11) is -3.28. The van der Waals surface area contributed by atoms with E-state index in [4.69, 9.17) is 0 Å². The maximum atomic E-state index is 11.5. The third-order valence-corrected chi connectivity index (χ3v) is 4.28. The van der Waals surface area contributed by atoms with Crippen molar-refractivity contribution in [1.82, 2.24) is 10.3 Å². The third-order valence-electron chi connectivity index (χ3n) is 1.52. The Morgan fingerprint density at radius 2 is 2.33 bits per heavy atom. The summed E-state index contributed by atoms with van der Waals surface area (Å²) in [6.07, 6.45) is 1.56. The standard InChI is InChI=1S/C7H12BrN3O2S2/c1-2-9-3-4-15(12,13)11-7-10-5-6(8)14-7/h5,9H,2-4H2,1H3,(H,10,11). The van der Waals surface area contributed by atoms with E-state index in [1.165, 1.54) is 11.3 Å². The number of sulfonamides is 1. The van der Waals surface area contributed by atoms with Gasteiger partial charge < -0.3 is 5.32 Å². The van der Waals surface area contributed by atoms with Crippen LogP contribution in [-0.4, -0.2) is 32.2 Å². The fourth-order valence-corrected chi connectivity index (χ4v) is 3.21. The molecule has 15 heavy (non-hydrogen) atoms. The highest BCUT2D eigenvalue weighted by Gasteiger charge is 2.11. The first-order valence-corrected chi connectivity index (χ1v) is 7.62. The second-order valence-corrected chi connectivity index (χ2v) is 7.00. The molecule has 1 heterocycles. The summed E-state index contributed by atoms with van der Waals surface area (Å²) in [5, 5.41) is 3.34. The lowest BCUT2D eigenvalue weighted by atomic mass is 10.7. The van der Waals surface area contributed by atoms with Crippen molar-refractivity contribution in [2.75, 3.05) is 23.6 Å². The number of hydrogen-bond donors (Lipinski definition) is 2. The molecule has 0 atom stereocenters. The lowest BCUT2D eigenvalue weighted by Gasteiger charge is -2.04. The SMILES string of the molecule is CCNCCS(=O)(=O)Nc1ncc(Br)s1. The van der Waals surface area contributed by atoms with Gasteiger partial charge in [-0.1, -0.05) is 18.3 Å². The molecule has 0 spiro atoms. The number of thiazole rings is 1. The zero-order valence-corrected chi connectivity index (χ0v) is 11.4. The first kappa shape index (κ1) is 12.9. The quantitative estimate of drug-likeness (QED) is 0.776. The molecule has 0 amide bonds. The average molecular weight is 314 g/mol. The Bertz CT molecular complexity index is 404. The molecule has 0 saturated heterocycles. The molecule has 0 fully saturated rings. The van der Waals surface area contributed by atoms with Crippen LogP contribution in [0, 0.1) is 0 Å². The second kappa shape index (κ2) is 5.78. The van der Waals surface area contributed by atoms with Crippen LogP contribution in [0.2, 0.25) is 0 Å². The van der Waals surface area contributed by atoms with Gasteiger partial charge in [0.1, 0.15) is 0 Å². The molecule has 0 aliphatic carbocycles.